The van der Waals surface area contributed by atoms with Gasteiger partial charge in [0, 0.05) is 29.7 Å². The van der Waals surface area contributed by atoms with E-state index in [9.17, 15) is 9.90 Å². The molecule has 0 saturated heterocycles. The maximum absolute atomic E-state index is 12.5. The van der Waals surface area contributed by atoms with Gasteiger partial charge in [-0.3, -0.25) is 4.79 Å². The summed E-state index contributed by atoms with van der Waals surface area (Å²) >= 11 is 1.58. The van der Waals surface area contributed by atoms with Gasteiger partial charge in [-0.15, -0.1) is 11.3 Å². The van der Waals surface area contributed by atoms with Gasteiger partial charge in [-0.25, -0.2) is 4.98 Å². The van der Waals surface area contributed by atoms with E-state index >= 15 is 0 Å². The molecule has 5 nitrogen and oxygen atoms in total. The number of carbonyl (C=O) groups is 1. The summed E-state index contributed by atoms with van der Waals surface area (Å²) in [4.78, 5) is 20.0. The third-order valence-electron chi connectivity index (χ3n) is 4.03. The Hall–Kier alpha value is -2.08. The average Bonchev–Trinajstić information content (AvgIpc) is 2.87. The molecule has 2 rings (SSSR count). The smallest absolute Gasteiger partial charge is 0.255 e. The zero-order chi connectivity index (χ0) is 17.9. The van der Waals surface area contributed by atoms with Crippen LogP contribution in [0.1, 0.15) is 52.7 Å². The quantitative estimate of drug-likeness (QED) is 0.834. The highest BCUT2D eigenvalue weighted by molar-refractivity contribution is 7.11. The van der Waals surface area contributed by atoms with Crippen LogP contribution in [-0.4, -0.2) is 29.1 Å². The number of aromatic nitrogens is 1. The maximum atomic E-state index is 12.5. The average molecular weight is 347 g/mol. The molecule has 130 valence electrons. The number of carbonyl (C=O) groups excluding carboxylic acids is 1. The minimum atomic E-state index is -0.281. The van der Waals surface area contributed by atoms with Gasteiger partial charge in [-0.1, -0.05) is 0 Å². The molecule has 0 fully saturated rings. The van der Waals surface area contributed by atoms with E-state index in [2.05, 4.69) is 29.0 Å². The van der Waals surface area contributed by atoms with Gasteiger partial charge in [0.15, 0.2) is 0 Å². The van der Waals surface area contributed by atoms with Gasteiger partial charge in [-0.2, -0.15) is 0 Å². The number of benzene rings is 1. The fraction of sp³-hybridized carbons (Fsp3) is 0.444. The Labute approximate surface area is 147 Å². The van der Waals surface area contributed by atoms with Crippen molar-refractivity contribution < 1.29 is 9.90 Å². The summed E-state index contributed by atoms with van der Waals surface area (Å²) in [6.07, 6.45) is 0. The van der Waals surface area contributed by atoms with E-state index in [4.69, 9.17) is 0 Å². The van der Waals surface area contributed by atoms with Crippen LogP contribution < -0.4 is 10.2 Å². The summed E-state index contributed by atoms with van der Waals surface area (Å²) in [5, 5.41) is 14.2. The summed E-state index contributed by atoms with van der Waals surface area (Å²) in [7, 11) is 0. The lowest BCUT2D eigenvalue weighted by molar-refractivity contribution is 0.0938. The fourth-order valence-corrected chi connectivity index (χ4v) is 3.72. The number of amides is 1. The van der Waals surface area contributed by atoms with Crippen LogP contribution in [0, 0.1) is 13.8 Å². The van der Waals surface area contributed by atoms with Crippen LogP contribution in [0.3, 0.4) is 0 Å². The predicted octanol–water partition coefficient (Wildman–Crippen LogP) is 3.80. The van der Waals surface area contributed by atoms with E-state index in [1.54, 1.807) is 23.5 Å². The SMILES string of the molecule is CCN(CC)c1ccc(C(=O)NC(C)c2sc(C)nc2C)c(O)c1. The number of phenols is 1. The number of hydrogen-bond acceptors (Lipinski definition) is 5. The highest BCUT2D eigenvalue weighted by atomic mass is 32.1. The van der Waals surface area contributed by atoms with E-state index in [-0.39, 0.29) is 23.3 Å². The third kappa shape index (κ3) is 3.87. The Morgan fingerprint density at radius 1 is 1.33 bits per heavy atom. The van der Waals surface area contributed by atoms with Gasteiger partial charge in [0.25, 0.3) is 5.91 Å². The summed E-state index contributed by atoms with van der Waals surface area (Å²) in [5.41, 5.74) is 2.14. The van der Waals surface area contributed by atoms with Gasteiger partial charge in [0.2, 0.25) is 0 Å². The van der Waals surface area contributed by atoms with Crippen LogP contribution in [0.2, 0.25) is 0 Å². The number of phenolic OH excluding ortho intramolecular Hbond substituents is 1. The monoisotopic (exact) mass is 347 g/mol. The first-order valence-corrected chi connectivity index (χ1v) is 9.01. The molecule has 0 aliphatic heterocycles. The normalized spacial score (nSPS) is 12.0. The van der Waals surface area contributed by atoms with E-state index in [1.165, 1.54) is 0 Å². The summed E-state index contributed by atoms with van der Waals surface area (Å²) < 4.78 is 0. The molecule has 0 spiro atoms. The third-order valence-corrected chi connectivity index (χ3v) is 5.29. The van der Waals surface area contributed by atoms with Crippen LogP contribution in [0.25, 0.3) is 0 Å². The molecule has 2 aromatic rings. The molecular weight excluding hydrogens is 322 g/mol. The molecule has 1 atom stereocenters. The lowest BCUT2D eigenvalue weighted by atomic mass is 10.1. The maximum Gasteiger partial charge on any atom is 0.255 e. The molecule has 6 heteroatoms. The number of thiazole rings is 1. The van der Waals surface area contributed by atoms with Gasteiger partial charge in [0.05, 0.1) is 22.3 Å². The molecule has 1 amide bonds. The predicted molar refractivity (Wildman–Crippen MR) is 99.1 cm³/mol. The van der Waals surface area contributed by atoms with Crippen molar-refractivity contribution in [1.82, 2.24) is 10.3 Å². The fourth-order valence-electron chi connectivity index (χ4n) is 2.79. The van der Waals surface area contributed by atoms with Crippen molar-refractivity contribution in [2.24, 2.45) is 0 Å². The van der Waals surface area contributed by atoms with Crippen LogP contribution in [0.15, 0.2) is 18.2 Å². The zero-order valence-corrected chi connectivity index (χ0v) is 15.7. The minimum absolute atomic E-state index is 0.00121. The molecule has 0 aliphatic rings. The first-order chi connectivity index (χ1) is 11.4. The molecule has 1 aromatic heterocycles. The van der Waals surface area contributed by atoms with E-state index in [0.717, 1.165) is 34.4 Å². The van der Waals surface area contributed by atoms with Gasteiger partial charge in [0.1, 0.15) is 5.75 Å². The lowest BCUT2D eigenvalue weighted by Gasteiger charge is -2.21. The van der Waals surface area contributed by atoms with E-state index < -0.39 is 0 Å². The minimum Gasteiger partial charge on any atom is -0.507 e. The number of aryl methyl sites for hydroxylation is 2. The van der Waals surface area contributed by atoms with Crippen LogP contribution in [0.4, 0.5) is 5.69 Å². The van der Waals surface area contributed by atoms with Crippen molar-refractivity contribution in [3.05, 3.63) is 39.3 Å². The van der Waals surface area contributed by atoms with E-state index in [0.29, 0.717) is 0 Å². The Bertz CT molecular complexity index is 723. The first-order valence-electron chi connectivity index (χ1n) is 8.20. The first kappa shape index (κ1) is 18.3. The Morgan fingerprint density at radius 3 is 2.50 bits per heavy atom. The van der Waals surface area contributed by atoms with Crippen molar-refractivity contribution >= 4 is 22.9 Å². The number of aromatic hydroxyl groups is 1. The Kier molecular flexibility index (Phi) is 5.83. The number of anilines is 1. The molecule has 0 bridgehead atoms. The second kappa shape index (κ2) is 7.66. The van der Waals surface area contributed by atoms with Crippen molar-refractivity contribution in [3.63, 3.8) is 0 Å². The van der Waals surface area contributed by atoms with Crippen molar-refractivity contribution in [2.45, 2.75) is 40.7 Å². The van der Waals surface area contributed by atoms with Gasteiger partial charge in [-0.05, 0) is 46.8 Å². The van der Waals surface area contributed by atoms with Gasteiger partial charge >= 0.3 is 0 Å². The number of nitrogens with zero attached hydrogens (tertiary/aromatic N) is 2. The molecule has 1 unspecified atom stereocenters. The molecule has 0 aliphatic carbocycles. The van der Waals surface area contributed by atoms with Gasteiger partial charge < -0.3 is 15.3 Å². The molecule has 1 heterocycles. The van der Waals surface area contributed by atoms with Crippen LogP contribution in [-0.2, 0) is 0 Å². The van der Waals surface area contributed by atoms with Crippen molar-refractivity contribution in [1.29, 1.82) is 0 Å². The van der Waals surface area contributed by atoms with Crippen molar-refractivity contribution in [3.8, 4) is 5.75 Å². The van der Waals surface area contributed by atoms with Crippen molar-refractivity contribution in [2.75, 3.05) is 18.0 Å². The van der Waals surface area contributed by atoms with E-state index in [1.807, 2.05) is 26.8 Å². The number of rotatable bonds is 6. The molecular formula is C18H25N3O2S. The Morgan fingerprint density at radius 2 is 2.00 bits per heavy atom. The topological polar surface area (TPSA) is 65.5 Å². The zero-order valence-electron chi connectivity index (χ0n) is 14.9. The largest absolute Gasteiger partial charge is 0.507 e. The second-order valence-electron chi connectivity index (χ2n) is 5.75. The highest BCUT2D eigenvalue weighted by Gasteiger charge is 2.19. The summed E-state index contributed by atoms with van der Waals surface area (Å²) in [6, 6.07) is 5.05. The second-order valence-corrected chi connectivity index (χ2v) is 6.99. The standard InChI is InChI=1S/C18H25N3O2S/c1-6-21(7-2)14-8-9-15(16(22)10-14)18(23)20-12(4)17-11(3)19-13(5)24-17/h8-10,12,22H,6-7H2,1-5H3,(H,20,23). The van der Waals surface area contributed by atoms with Crippen LogP contribution >= 0.6 is 11.3 Å². The highest BCUT2D eigenvalue weighted by Crippen LogP contribution is 2.27. The molecule has 24 heavy (non-hydrogen) atoms. The number of nitrogens with one attached hydrogen (secondary N) is 1. The summed E-state index contributed by atoms with van der Waals surface area (Å²) in [5.74, 6) is -0.280. The molecule has 0 saturated carbocycles. The van der Waals surface area contributed by atoms with Crippen LogP contribution in [0.5, 0.6) is 5.75 Å². The molecule has 2 N–H and O–H groups in total. The lowest BCUT2D eigenvalue weighted by Crippen LogP contribution is -2.27. The number of hydrogen-bond donors (Lipinski definition) is 2. The molecule has 1 aromatic carbocycles. The Balaban J connectivity index is 2.16. The summed E-state index contributed by atoms with van der Waals surface area (Å²) in [6.45, 7) is 11.6. The molecule has 0 radical (unpaired) electrons.